The van der Waals surface area contributed by atoms with Gasteiger partial charge in [-0.05, 0) is 43.4 Å². The summed E-state index contributed by atoms with van der Waals surface area (Å²) in [4.78, 5) is 42.3. The Labute approximate surface area is 165 Å². The molecule has 0 radical (unpaired) electrons. The summed E-state index contributed by atoms with van der Waals surface area (Å²) >= 11 is 0. The van der Waals surface area contributed by atoms with E-state index in [-0.39, 0.29) is 17.7 Å². The molecule has 1 aliphatic heterocycles. The van der Waals surface area contributed by atoms with Crippen molar-refractivity contribution in [3.8, 4) is 0 Å². The van der Waals surface area contributed by atoms with Crippen molar-refractivity contribution in [3.63, 3.8) is 0 Å². The fourth-order valence-electron chi connectivity index (χ4n) is 3.58. The fourth-order valence-corrected chi connectivity index (χ4v) is 3.58. The van der Waals surface area contributed by atoms with E-state index >= 15 is 0 Å². The molecule has 0 saturated carbocycles. The van der Waals surface area contributed by atoms with E-state index in [0.717, 1.165) is 21.9 Å². The van der Waals surface area contributed by atoms with Gasteiger partial charge in [-0.3, -0.25) is 14.5 Å². The molecule has 6 heteroatoms. The Kier molecular flexibility index (Phi) is 4.69. The van der Waals surface area contributed by atoms with Gasteiger partial charge in [0.05, 0.1) is 6.54 Å². The Balaban J connectivity index is 1.84. The summed E-state index contributed by atoms with van der Waals surface area (Å²) in [6, 6.07) is 8.86. The Hall–Kier alpha value is -2.89. The molecule has 0 aliphatic carbocycles. The molecule has 1 aliphatic rings. The Morgan fingerprint density at radius 1 is 1.11 bits per heavy atom. The zero-order chi connectivity index (χ0) is 20.9. The van der Waals surface area contributed by atoms with Crippen LogP contribution in [0.4, 0.5) is 4.79 Å². The number of aromatic amines is 1. The van der Waals surface area contributed by atoms with Crippen molar-refractivity contribution >= 4 is 17.7 Å². The number of rotatable bonds is 4. The molecule has 1 unspecified atom stereocenters. The lowest BCUT2D eigenvalue weighted by atomic mass is 9.84. The minimum absolute atomic E-state index is 0.00658. The number of ketones is 1. The molecule has 2 N–H and O–H groups in total. The van der Waals surface area contributed by atoms with Crippen molar-refractivity contribution in [2.45, 2.75) is 52.5 Å². The van der Waals surface area contributed by atoms with E-state index in [1.807, 2.05) is 31.2 Å². The highest BCUT2D eigenvalue weighted by atomic mass is 16.2. The van der Waals surface area contributed by atoms with Gasteiger partial charge in [-0.15, -0.1) is 0 Å². The van der Waals surface area contributed by atoms with Crippen LogP contribution in [-0.4, -0.2) is 34.2 Å². The highest BCUT2D eigenvalue weighted by Gasteiger charge is 2.49. The number of aromatic nitrogens is 1. The summed E-state index contributed by atoms with van der Waals surface area (Å²) in [6.07, 6.45) is 0. The van der Waals surface area contributed by atoms with Crippen LogP contribution >= 0.6 is 0 Å². The molecule has 3 rings (SSSR count). The number of aryl methyl sites for hydroxylation is 2. The lowest BCUT2D eigenvalue weighted by molar-refractivity contribution is -0.130. The molecular weight excluding hydrogens is 354 g/mol. The number of carbonyl (C=O) groups excluding carboxylic acids is 3. The van der Waals surface area contributed by atoms with E-state index in [4.69, 9.17) is 0 Å². The number of nitrogens with one attached hydrogen (secondary N) is 2. The summed E-state index contributed by atoms with van der Waals surface area (Å²) in [7, 11) is 0. The molecule has 2 heterocycles. The molecule has 0 spiro atoms. The van der Waals surface area contributed by atoms with Crippen LogP contribution in [0.1, 0.15) is 60.6 Å². The zero-order valence-corrected chi connectivity index (χ0v) is 17.3. The molecule has 3 amide bonds. The zero-order valence-electron chi connectivity index (χ0n) is 17.3. The van der Waals surface area contributed by atoms with Crippen molar-refractivity contribution in [1.29, 1.82) is 0 Å². The van der Waals surface area contributed by atoms with Crippen LogP contribution in [-0.2, 0) is 15.7 Å². The number of benzene rings is 1. The smallest absolute Gasteiger partial charge is 0.325 e. The van der Waals surface area contributed by atoms with Gasteiger partial charge in [0.25, 0.3) is 5.91 Å². The summed E-state index contributed by atoms with van der Waals surface area (Å²) in [5.41, 5.74) is 2.74. The standard InChI is InChI=1S/C22H27N3O3/c1-13-11-17(14(2)23-13)18(26)12-25-19(27)22(6,24-20(25)28)16-9-7-15(8-10-16)21(3,4)5/h7-11,23H,12H2,1-6H3,(H,24,28). The second-order valence-corrected chi connectivity index (χ2v) is 8.69. The number of nitrogens with zero attached hydrogens (tertiary/aromatic N) is 1. The van der Waals surface area contributed by atoms with Crippen LogP contribution in [0.15, 0.2) is 30.3 Å². The van der Waals surface area contributed by atoms with Crippen LogP contribution in [0.5, 0.6) is 0 Å². The van der Waals surface area contributed by atoms with Gasteiger partial charge in [0.2, 0.25) is 0 Å². The average molecular weight is 381 g/mol. The number of hydrogen-bond acceptors (Lipinski definition) is 3. The number of imide groups is 1. The van der Waals surface area contributed by atoms with Crippen molar-refractivity contribution in [2.24, 2.45) is 0 Å². The van der Waals surface area contributed by atoms with Crippen LogP contribution in [0.2, 0.25) is 0 Å². The van der Waals surface area contributed by atoms with Gasteiger partial charge in [0.1, 0.15) is 5.54 Å². The van der Waals surface area contributed by atoms with Gasteiger partial charge in [-0.1, -0.05) is 45.0 Å². The second-order valence-electron chi connectivity index (χ2n) is 8.69. The third-order valence-electron chi connectivity index (χ3n) is 5.35. The molecular formula is C22H27N3O3. The predicted molar refractivity (Wildman–Crippen MR) is 107 cm³/mol. The number of H-pyrrole nitrogens is 1. The summed E-state index contributed by atoms with van der Waals surface area (Å²) in [5, 5.41) is 2.76. The minimum atomic E-state index is -1.18. The van der Waals surface area contributed by atoms with Crippen LogP contribution in [0.25, 0.3) is 0 Å². The predicted octanol–water partition coefficient (Wildman–Crippen LogP) is 3.58. The van der Waals surface area contributed by atoms with Crippen molar-refractivity contribution in [1.82, 2.24) is 15.2 Å². The van der Waals surface area contributed by atoms with Gasteiger partial charge < -0.3 is 10.3 Å². The Morgan fingerprint density at radius 2 is 1.71 bits per heavy atom. The Bertz CT molecular complexity index is 950. The van der Waals surface area contributed by atoms with E-state index < -0.39 is 17.5 Å². The summed E-state index contributed by atoms with van der Waals surface area (Å²) in [6.45, 7) is 11.4. The molecule has 0 bridgehead atoms. The Morgan fingerprint density at radius 3 is 2.21 bits per heavy atom. The molecule has 28 heavy (non-hydrogen) atoms. The normalized spacial score (nSPS) is 19.9. The number of carbonyl (C=O) groups is 3. The van der Waals surface area contributed by atoms with Gasteiger partial charge in [0.15, 0.2) is 5.78 Å². The maximum Gasteiger partial charge on any atom is 0.325 e. The van der Waals surface area contributed by atoms with Gasteiger partial charge >= 0.3 is 6.03 Å². The number of amides is 3. The molecule has 2 aromatic rings. The van der Waals surface area contributed by atoms with E-state index in [2.05, 4.69) is 31.1 Å². The summed E-state index contributed by atoms with van der Waals surface area (Å²) < 4.78 is 0. The highest BCUT2D eigenvalue weighted by molar-refractivity contribution is 6.11. The topological polar surface area (TPSA) is 82.3 Å². The third-order valence-corrected chi connectivity index (χ3v) is 5.35. The largest absolute Gasteiger partial charge is 0.362 e. The molecule has 148 valence electrons. The number of urea groups is 1. The second kappa shape index (κ2) is 6.62. The van der Waals surface area contributed by atoms with Gasteiger partial charge in [0, 0.05) is 17.0 Å². The van der Waals surface area contributed by atoms with E-state index in [0.29, 0.717) is 11.1 Å². The molecule has 1 aromatic carbocycles. The van der Waals surface area contributed by atoms with Crippen molar-refractivity contribution < 1.29 is 14.4 Å². The number of Topliss-reactive ketones (excluding diaryl/α,β-unsaturated/α-hetero) is 1. The van der Waals surface area contributed by atoms with E-state index in [1.54, 1.807) is 19.9 Å². The van der Waals surface area contributed by atoms with Crippen LogP contribution in [0, 0.1) is 13.8 Å². The lowest BCUT2D eigenvalue weighted by Gasteiger charge is -2.24. The van der Waals surface area contributed by atoms with Crippen molar-refractivity contribution in [3.05, 3.63) is 58.4 Å². The van der Waals surface area contributed by atoms with Crippen molar-refractivity contribution in [2.75, 3.05) is 6.54 Å². The first kappa shape index (κ1) is 19.9. The van der Waals surface area contributed by atoms with Gasteiger partial charge in [-0.25, -0.2) is 4.79 Å². The molecule has 1 saturated heterocycles. The quantitative estimate of drug-likeness (QED) is 0.627. The molecule has 1 atom stereocenters. The first-order valence-corrected chi connectivity index (χ1v) is 9.38. The van der Waals surface area contributed by atoms with E-state index in [1.165, 1.54) is 0 Å². The molecule has 1 fully saturated rings. The monoisotopic (exact) mass is 381 g/mol. The fraction of sp³-hybridized carbons (Fsp3) is 0.409. The third kappa shape index (κ3) is 3.35. The number of hydrogen-bond donors (Lipinski definition) is 2. The van der Waals surface area contributed by atoms with Crippen LogP contribution in [0.3, 0.4) is 0 Å². The maximum absolute atomic E-state index is 13.1. The first-order chi connectivity index (χ1) is 12.9. The SMILES string of the molecule is Cc1cc(C(=O)CN2C(=O)NC(C)(c3ccc(C(C)(C)C)cc3)C2=O)c(C)[nH]1. The lowest BCUT2D eigenvalue weighted by Crippen LogP contribution is -2.41. The summed E-state index contributed by atoms with van der Waals surface area (Å²) in [5.74, 6) is -0.683. The minimum Gasteiger partial charge on any atom is -0.362 e. The van der Waals surface area contributed by atoms with Gasteiger partial charge in [-0.2, -0.15) is 0 Å². The van der Waals surface area contributed by atoms with E-state index in [9.17, 15) is 14.4 Å². The van der Waals surface area contributed by atoms with Crippen LogP contribution < -0.4 is 5.32 Å². The molecule has 1 aromatic heterocycles. The highest BCUT2D eigenvalue weighted by Crippen LogP contribution is 2.31. The molecule has 6 nitrogen and oxygen atoms in total. The maximum atomic E-state index is 13.1. The average Bonchev–Trinajstić information content (AvgIpc) is 3.05. The first-order valence-electron chi connectivity index (χ1n) is 9.38.